The number of benzene rings is 2. The van der Waals surface area contributed by atoms with E-state index in [4.69, 9.17) is 48.9 Å². The number of ether oxygens (including phenoxy) is 5. The maximum Gasteiger partial charge on any atom is 0.530 e. The average molecular weight is 1170 g/mol. The fourth-order valence-electron chi connectivity index (χ4n) is 5.57. The minimum absolute atomic E-state index is 0. The molecule has 62 heavy (non-hydrogen) atoms. The number of phosphoric acid groups is 1. The minimum atomic E-state index is -4.74. The van der Waals surface area contributed by atoms with Crippen LogP contribution >= 0.6 is 31.2 Å². The van der Waals surface area contributed by atoms with Gasteiger partial charge in [-0.1, -0.05) is 30.7 Å². The van der Waals surface area contributed by atoms with E-state index in [1.165, 1.54) is 55.1 Å². The summed E-state index contributed by atoms with van der Waals surface area (Å²) < 4.78 is 85.3. The normalized spacial score (nSPS) is 20.5. The van der Waals surface area contributed by atoms with Gasteiger partial charge in [0.05, 0.1) is 59.9 Å². The summed E-state index contributed by atoms with van der Waals surface area (Å²) in [6, 6.07) is 10.2. The number of carbonyl (C=O) groups excluding carboxylic acids is 5. The molecule has 0 bridgehead atoms. The second-order valence-electron chi connectivity index (χ2n) is 14.8. The first-order chi connectivity index (χ1) is 28.7. The molecule has 4 unspecified atom stereocenters. The first-order valence-electron chi connectivity index (χ1n) is 19.2. The molecule has 0 spiro atoms. The molecule has 3 amide bonds. The molecule has 23 heteroatoms. The van der Waals surface area contributed by atoms with Gasteiger partial charge in [-0.25, -0.2) is 17.8 Å². The van der Waals surface area contributed by atoms with E-state index in [9.17, 15) is 37.0 Å². The molecule has 2 saturated heterocycles. The Kier molecular flexibility index (Phi) is 21.2. The number of likely N-dealkylation sites (tertiary alicyclic amines) is 1. The minimum Gasteiger partial charge on any atom is -0.543 e. The molecule has 2 fully saturated rings. The summed E-state index contributed by atoms with van der Waals surface area (Å²) in [5.41, 5.74) is -0.312. The van der Waals surface area contributed by atoms with Crippen LogP contribution in [0.4, 0.5) is 4.79 Å². The van der Waals surface area contributed by atoms with Gasteiger partial charge in [0.2, 0.25) is 11.8 Å². The molecular weight excluding hydrogens is 1120 g/mol. The summed E-state index contributed by atoms with van der Waals surface area (Å²) in [5, 5.41) is 2.40. The van der Waals surface area contributed by atoms with Crippen LogP contribution in [0.1, 0.15) is 53.0 Å². The van der Waals surface area contributed by atoms with Gasteiger partial charge in [-0.05, 0) is 82.0 Å². The number of phosphoric ester groups is 1. The first-order valence-corrected chi connectivity index (χ1v) is 23.9. The summed E-state index contributed by atoms with van der Waals surface area (Å²) in [7, 11) is -8.64. The zero-order chi connectivity index (χ0) is 45.0. The molecule has 2 heterocycles. The van der Waals surface area contributed by atoms with Crippen LogP contribution in [0.15, 0.2) is 53.4 Å². The van der Waals surface area contributed by atoms with Crippen molar-refractivity contribution in [3.05, 3.63) is 65.7 Å². The maximum atomic E-state index is 14.6. The Morgan fingerprint density at radius 2 is 1.73 bits per heavy atom. The van der Waals surface area contributed by atoms with Gasteiger partial charge in [0.25, 0.3) is 0 Å². The third kappa shape index (κ3) is 16.4. The summed E-state index contributed by atoms with van der Waals surface area (Å²) in [4.78, 5) is 63.4. The number of hydrogen-bond donors (Lipinski definition) is 1. The Hall–Kier alpha value is -2.70. The number of thioether (sulfide) groups is 1. The van der Waals surface area contributed by atoms with Crippen molar-refractivity contribution in [2.45, 2.75) is 88.6 Å². The van der Waals surface area contributed by atoms with Crippen LogP contribution in [-0.2, 0) is 72.9 Å². The van der Waals surface area contributed by atoms with E-state index in [2.05, 4.69) is 5.32 Å². The van der Waals surface area contributed by atoms with Crippen molar-refractivity contribution < 1.29 is 105 Å². The van der Waals surface area contributed by atoms with Crippen LogP contribution < -0.4 is 9.84 Å². The van der Waals surface area contributed by atoms with Crippen LogP contribution in [0.2, 0.25) is 5.02 Å². The molecule has 2 aromatic carbocycles. The number of nitrogens with one attached hydrogen (secondary N) is 1. The van der Waals surface area contributed by atoms with Gasteiger partial charge in [0, 0.05) is 49.0 Å². The van der Waals surface area contributed by atoms with Crippen molar-refractivity contribution in [3.8, 4) is 5.75 Å². The summed E-state index contributed by atoms with van der Waals surface area (Å²) in [6.07, 6.45) is -2.82. The number of esters is 2. The summed E-state index contributed by atoms with van der Waals surface area (Å²) in [6.45, 7) is 8.00. The summed E-state index contributed by atoms with van der Waals surface area (Å²) >= 11 is 7.18. The number of rotatable bonds is 22. The van der Waals surface area contributed by atoms with Crippen molar-refractivity contribution in [3.63, 3.8) is 0 Å². The third-order valence-electron chi connectivity index (χ3n) is 8.83. The Morgan fingerprint density at radius 3 is 2.34 bits per heavy atom. The average Bonchev–Trinajstić information content (AvgIpc) is 3.69. The Morgan fingerprint density at radius 1 is 1.05 bits per heavy atom. The number of halogens is 1. The van der Waals surface area contributed by atoms with E-state index in [1.54, 1.807) is 46.1 Å². The van der Waals surface area contributed by atoms with Gasteiger partial charge in [0.15, 0.2) is 9.84 Å². The molecule has 2 aromatic rings. The number of nitrogens with zero attached hydrogens (tertiary/aromatic N) is 1. The Bertz CT molecular complexity index is 2010. The zero-order valence-electron chi connectivity index (χ0n) is 35.1. The van der Waals surface area contributed by atoms with Gasteiger partial charge in [-0.15, -0.1) is 0 Å². The van der Waals surface area contributed by atoms with Crippen molar-refractivity contribution in [2.75, 3.05) is 45.0 Å². The molecular formula is C39H51ClN2O16PS2U-. The van der Waals surface area contributed by atoms with Crippen molar-refractivity contribution in [2.24, 2.45) is 5.41 Å². The standard InChI is InChI=1S/C39H51ClN2O16PS2.U/c1-7-34(44)53-21-26-8-12-28(13-9-26)57-59(48,55-19-18-51-17-16-42-33(43)20-32(60-6)36(42)45)58-35-30(22-52-31(35)23-54-37(46)39(3,4)5)41-38(47)56-25(2)24-61(49,50)29-14-10-27(40)11-15-29;/h8-15,22,25,30-32,35H,7,16-21,23-24H2,1-6H3,(H,41,47);/q-1;/t25?,30-,31-,32?,35?,59?;/m1./s1. The topological polar surface area (TPSA) is 226 Å². The predicted molar refractivity (Wildman–Crippen MR) is 221 cm³/mol. The molecule has 2 aliphatic rings. The number of amides is 3. The molecule has 2 aliphatic heterocycles. The molecule has 0 aliphatic carbocycles. The molecule has 0 saturated carbocycles. The smallest absolute Gasteiger partial charge is 0.530 e. The van der Waals surface area contributed by atoms with Crippen LogP contribution in [-0.4, -0.2) is 118 Å². The van der Waals surface area contributed by atoms with Crippen LogP contribution in [0.5, 0.6) is 5.75 Å². The Balaban J connectivity index is 0.0000102. The van der Waals surface area contributed by atoms with E-state index < -0.39 is 89.7 Å². The quantitative estimate of drug-likeness (QED) is 0.0394. The Labute approximate surface area is 394 Å². The van der Waals surface area contributed by atoms with Crippen LogP contribution in [0.25, 0.3) is 0 Å². The van der Waals surface area contributed by atoms with Crippen LogP contribution in [0.3, 0.4) is 0 Å². The molecule has 0 radical (unpaired) electrons. The zero-order valence-corrected chi connectivity index (χ0v) is 42.5. The van der Waals surface area contributed by atoms with E-state index in [0.29, 0.717) is 10.6 Å². The monoisotopic (exact) mass is 1170 g/mol. The molecule has 18 nitrogen and oxygen atoms in total. The fourth-order valence-corrected chi connectivity index (χ4v) is 9.16. The first kappa shape index (κ1) is 53.6. The molecule has 0 aromatic heterocycles. The molecule has 4 rings (SSSR count). The number of sulfone groups is 1. The van der Waals surface area contributed by atoms with Gasteiger partial charge in [0.1, 0.15) is 25.1 Å². The number of hydrogen-bond acceptors (Lipinski definition) is 17. The number of alkyl carbamates (subject to hydrolysis) is 1. The molecule has 1 N–H and O–H groups in total. The SMILES string of the molecule is CCC(=O)OCc1ccc(OP(=O)(OCCOCCN2C(=O)CC(SC)C2=O)OC2[C@H](NC(=O)OC(C)CS(=O)(=O)c3ccc(Cl)cc3)[CH-]O[C@@H]2COC(=O)C(C)(C)C)cc1.[U]. The fraction of sp³-hybridized carbons (Fsp3) is 0.538. The number of carbonyl (C=O) groups is 5. The number of imide groups is 1. The third-order valence-corrected chi connectivity index (χ3v) is 13.4. The van der Waals surface area contributed by atoms with Gasteiger partial charge in [-0.3, -0.25) is 33.1 Å². The van der Waals surface area contributed by atoms with E-state index in [1.807, 2.05) is 0 Å². The van der Waals surface area contributed by atoms with Gasteiger partial charge < -0.3 is 33.5 Å². The van der Waals surface area contributed by atoms with Gasteiger partial charge in [-0.2, -0.15) is 18.4 Å². The molecule has 342 valence electrons. The summed E-state index contributed by atoms with van der Waals surface area (Å²) in [5.74, 6) is -2.18. The maximum absolute atomic E-state index is 14.6. The predicted octanol–water partition coefficient (Wildman–Crippen LogP) is 5.30. The van der Waals surface area contributed by atoms with Gasteiger partial charge >= 0.3 is 25.9 Å². The van der Waals surface area contributed by atoms with Crippen molar-refractivity contribution in [1.82, 2.24) is 10.2 Å². The van der Waals surface area contributed by atoms with E-state index in [0.717, 1.165) is 11.5 Å². The van der Waals surface area contributed by atoms with Crippen LogP contribution in [0, 0.1) is 43.1 Å². The second-order valence-corrected chi connectivity index (χ2v) is 19.9. The van der Waals surface area contributed by atoms with Crippen molar-refractivity contribution >= 4 is 70.9 Å². The van der Waals surface area contributed by atoms with Crippen molar-refractivity contribution in [1.29, 1.82) is 0 Å². The van der Waals surface area contributed by atoms with E-state index >= 15 is 0 Å². The largest absolute Gasteiger partial charge is 0.543 e. The second kappa shape index (κ2) is 24.6. The van der Waals surface area contributed by atoms with E-state index in [-0.39, 0.29) is 92.8 Å². The molecule has 6 atom stereocenters.